The number of nitrogens with one attached hydrogen (secondary N) is 1. The van der Waals surface area contributed by atoms with Gasteiger partial charge >= 0.3 is 0 Å². The molecule has 1 N–H and O–H groups in total. The maximum Gasteiger partial charge on any atom is 0.228 e. The summed E-state index contributed by atoms with van der Waals surface area (Å²) < 4.78 is 5.37. The van der Waals surface area contributed by atoms with Crippen molar-refractivity contribution in [1.29, 1.82) is 0 Å². The van der Waals surface area contributed by atoms with Gasteiger partial charge in [0.2, 0.25) is 5.89 Å². The Balaban J connectivity index is 2.49. The third-order valence-electron chi connectivity index (χ3n) is 3.72. The third kappa shape index (κ3) is 5.59. The summed E-state index contributed by atoms with van der Waals surface area (Å²) in [5.41, 5.74) is 0. The summed E-state index contributed by atoms with van der Waals surface area (Å²) in [6.07, 6.45) is 1.67. The average Bonchev–Trinajstić information content (AvgIpc) is 2.87. The lowest BCUT2D eigenvalue weighted by Crippen LogP contribution is -2.35. The molecule has 0 bridgehead atoms. The zero-order chi connectivity index (χ0) is 15.0. The largest absolute Gasteiger partial charge is 0.339 e. The van der Waals surface area contributed by atoms with Crippen LogP contribution in [0.15, 0.2) is 4.52 Å². The Bertz CT molecular complexity index is 361. The molecule has 1 unspecified atom stereocenters. The van der Waals surface area contributed by atoms with Crippen LogP contribution in [-0.2, 0) is 12.8 Å². The SMILES string of the molecule is CCNC(Cc1nc(CCN(CC)CC)no1)C(C)C. The van der Waals surface area contributed by atoms with Crippen molar-refractivity contribution in [3.63, 3.8) is 0 Å². The van der Waals surface area contributed by atoms with E-state index in [2.05, 4.69) is 55.0 Å². The van der Waals surface area contributed by atoms with Crippen LogP contribution in [0.2, 0.25) is 0 Å². The van der Waals surface area contributed by atoms with Crippen molar-refractivity contribution in [2.24, 2.45) is 5.92 Å². The lowest BCUT2D eigenvalue weighted by atomic mass is 10.0. The van der Waals surface area contributed by atoms with Crippen LogP contribution in [0.1, 0.15) is 46.3 Å². The number of nitrogens with zero attached hydrogens (tertiary/aromatic N) is 3. The normalized spacial score (nSPS) is 13.3. The summed E-state index contributed by atoms with van der Waals surface area (Å²) in [7, 11) is 0. The zero-order valence-electron chi connectivity index (χ0n) is 13.6. The smallest absolute Gasteiger partial charge is 0.228 e. The lowest BCUT2D eigenvalue weighted by molar-refractivity contribution is 0.301. The summed E-state index contributed by atoms with van der Waals surface area (Å²) in [5, 5.41) is 7.56. The van der Waals surface area contributed by atoms with Crippen molar-refractivity contribution in [2.75, 3.05) is 26.2 Å². The Morgan fingerprint density at radius 2 is 1.90 bits per heavy atom. The third-order valence-corrected chi connectivity index (χ3v) is 3.72. The van der Waals surface area contributed by atoms with E-state index in [0.29, 0.717) is 12.0 Å². The molecule has 0 spiro atoms. The fraction of sp³-hybridized carbons (Fsp3) is 0.867. The molecule has 0 aliphatic carbocycles. The molecule has 0 radical (unpaired) electrons. The number of hydrogen-bond donors (Lipinski definition) is 1. The topological polar surface area (TPSA) is 54.2 Å². The molecule has 0 saturated carbocycles. The van der Waals surface area contributed by atoms with Crippen LogP contribution < -0.4 is 5.32 Å². The summed E-state index contributed by atoms with van der Waals surface area (Å²) >= 11 is 0. The molecule has 0 aliphatic rings. The highest BCUT2D eigenvalue weighted by Gasteiger charge is 2.17. The van der Waals surface area contributed by atoms with Gasteiger partial charge in [0.25, 0.3) is 0 Å². The van der Waals surface area contributed by atoms with Crippen LogP contribution in [0.3, 0.4) is 0 Å². The Hall–Kier alpha value is -0.940. The minimum Gasteiger partial charge on any atom is -0.339 e. The van der Waals surface area contributed by atoms with Gasteiger partial charge in [0.1, 0.15) is 0 Å². The molecular weight excluding hydrogens is 252 g/mol. The fourth-order valence-electron chi connectivity index (χ4n) is 2.27. The molecule has 20 heavy (non-hydrogen) atoms. The van der Waals surface area contributed by atoms with Crippen molar-refractivity contribution < 1.29 is 4.52 Å². The standard InChI is InChI=1S/C15H30N4O/c1-6-16-13(12(4)5)11-15-17-14(18-20-15)9-10-19(7-2)8-3/h12-13,16H,6-11H2,1-5H3. The van der Waals surface area contributed by atoms with Gasteiger partial charge in [-0.2, -0.15) is 4.98 Å². The van der Waals surface area contributed by atoms with Gasteiger partial charge in [-0.3, -0.25) is 0 Å². The van der Waals surface area contributed by atoms with Gasteiger partial charge in [0, 0.05) is 25.4 Å². The Morgan fingerprint density at radius 3 is 2.45 bits per heavy atom. The summed E-state index contributed by atoms with van der Waals surface area (Å²) in [5.74, 6) is 2.13. The minimum absolute atomic E-state index is 0.399. The Kier molecular flexibility index (Phi) is 7.77. The van der Waals surface area contributed by atoms with E-state index in [1.54, 1.807) is 0 Å². The molecule has 116 valence electrons. The number of rotatable bonds is 10. The van der Waals surface area contributed by atoms with E-state index >= 15 is 0 Å². The van der Waals surface area contributed by atoms with E-state index < -0.39 is 0 Å². The van der Waals surface area contributed by atoms with E-state index in [9.17, 15) is 0 Å². The van der Waals surface area contributed by atoms with Gasteiger partial charge in [-0.15, -0.1) is 0 Å². The van der Waals surface area contributed by atoms with E-state index in [1.807, 2.05) is 0 Å². The van der Waals surface area contributed by atoms with Crippen molar-refractivity contribution in [3.8, 4) is 0 Å². The molecule has 0 saturated heterocycles. The zero-order valence-corrected chi connectivity index (χ0v) is 13.6. The molecule has 0 amide bonds. The van der Waals surface area contributed by atoms with Crippen LogP contribution in [-0.4, -0.2) is 47.3 Å². The Labute approximate surface area is 123 Å². The van der Waals surface area contributed by atoms with Gasteiger partial charge in [-0.05, 0) is 25.6 Å². The van der Waals surface area contributed by atoms with Crippen molar-refractivity contribution in [2.45, 2.75) is 53.5 Å². The van der Waals surface area contributed by atoms with E-state index in [4.69, 9.17) is 4.52 Å². The number of hydrogen-bond acceptors (Lipinski definition) is 5. The molecule has 5 nitrogen and oxygen atoms in total. The minimum atomic E-state index is 0.399. The first-order chi connectivity index (χ1) is 9.60. The molecule has 1 atom stereocenters. The molecule has 0 aliphatic heterocycles. The summed E-state index contributed by atoms with van der Waals surface area (Å²) in [6, 6.07) is 0.399. The molecule has 0 aromatic carbocycles. The molecule has 1 aromatic heterocycles. The predicted molar refractivity (Wildman–Crippen MR) is 81.8 cm³/mol. The molecule has 1 rings (SSSR count). The van der Waals surface area contributed by atoms with Crippen LogP contribution in [0.25, 0.3) is 0 Å². The first-order valence-corrected chi connectivity index (χ1v) is 7.87. The second kappa shape index (κ2) is 9.08. The van der Waals surface area contributed by atoms with Crippen molar-refractivity contribution in [1.82, 2.24) is 20.4 Å². The monoisotopic (exact) mass is 282 g/mol. The van der Waals surface area contributed by atoms with Gasteiger partial charge < -0.3 is 14.7 Å². The van der Waals surface area contributed by atoms with Crippen LogP contribution in [0.5, 0.6) is 0 Å². The molecule has 1 aromatic rings. The maximum absolute atomic E-state index is 5.37. The Morgan fingerprint density at radius 1 is 1.20 bits per heavy atom. The van der Waals surface area contributed by atoms with Gasteiger partial charge in [-0.25, -0.2) is 0 Å². The van der Waals surface area contributed by atoms with Crippen LogP contribution in [0.4, 0.5) is 0 Å². The first-order valence-electron chi connectivity index (χ1n) is 7.87. The summed E-state index contributed by atoms with van der Waals surface area (Å²) in [4.78, 5) is 6.88. The van der Waals surface area contributed by atoms with Gasteiger partial charge in [-0.1, -0.05) is 39.8 Å². The lowest BCUT2D eigenvalue weighted by Gasteiger charge is -2.19. The number of aromatic nitrogens is 2. The average molecular weight is 282 g/mol. The highest BCUT2D eigenvalue weighted by Crippen LogP contribution is 2.09. The van der Waals surface area contributed by atoms with E-state index in [1.165, 1.54) is 0 Å². The van der Waals surface area contributed by atoms with Gasteiger partial charge in [0.05, 0.1) is 0 Å². The first kappa shape index (κ1) is 17.1. The molecule has 5 heteroatoms. The van der Waals surface area contributed by atoms with Crippen molar-refractivity contribution >= 4 is 0 Å². The van der Waals surface area contributed by atoms with Crippen molar-refractivity contribution in [3.05, 3.63) is 11.7 Å². The second-order valence-electron chi connectivity index (χ2n) is 5.49. The predicted octanol–water partition coefficient (Wildman–Crippen LogP) is 2.13. The van der Waals surface area contributed by atoms with E-state index in [-0.39, 0.29) is 0 Å². The second-order valence-corrected chi connectivity index (χ2v) is 5.49. The van der Waals surface area contributed by atoms with Gasteiger partial charge in [0.15, 0.2) is 5.82 Å². The maximum atomic E-state index is 5.37. The highest BCUT2D eigenvalue weighted by atomic mass is 16.5. The number of likely N-dealkylation sites (N-methyl/N-ethyl adjacent to an activating group) is 2. The highest BCUT2D eigenvalue weighted by molar-refractivity contribution is 4.91. The quantitative estimate of drug-likeness (QED) is 0.712. The molecule has 1 heterocycles. The summed E-state index contributed by atoms with van der Waals surface area (Å²) in [6.45, 7) is 15.0. The van der Waals surface area contributed by atoms with E-state index in [0.717, 1.165) is 50.7 Å². The van der Waals surface area contributed by atoms with Crippen LogP contribution >= 0.6 is 0 Å². The van der Waals surface area contributed by atoms with Crippen LogP contribution in [0, 0.1) is 5.92 Å². The fourth-order valence-corrected chi connectivity index (χ4v) is 2.27. The molecular formula is C15H30N4O. The molecule has 0 fully saturated rings.